The van der Waals surface area contributed by atoms with Gasteiger partial charge >= 0.3 is 17.9 Å². The summed E-state index contributed by atoms with van der Waals surface area (Å²) in [5.74, 6) is -0.898. The van der Waals surface area contributed by atoms with Crippen molar-refractivity contribution in [3.63, 3.8) is 0 Å². The molecule has 0 aliphatic carbocycles. The van der Waals surface area contributed by atoms with E-state index in [0.29, 0.717) is 19.3 Å². The summed E-state index contributed by atoms with van der Waals surface area (Å²) >= 11 is 0. The fourth-order valence-corrected chi connectivity index (χ4v) is 10.1. The molecule has 6 nitrogen and oxygen atoms in total. The van der Waals surface area contributed by atoms with Crippen LogP contribution in [0.1, 0.15) is 348 Å². The molecule has 0 spiro atoms. The van der Waals surface area contributed by atoms with E-state index in [1.807, 2.05) is 0 Å². The van der Waals surface area contributed by atoms with Gasteiger partial charge in [-0.1, -0.05) is 343 Å². The third-order valence-corrected chi connectivity index (χ3v) is 15.4. The molecular formula is C76H132O6. The highest BCUT2D eigenvalue weighted by atomic mass is 16.6. The number of carbonyl (C=O) groups is 3. The predicted octanol–water partition coefficient (Wildman–Crippen LogP) is 24.4. The van der Waals surface area contributed by atoms with E-state index in [1.165, 1.54) is 186 Å². The van der Waals surface area contributed by atoms with Crippen LogP contribution in [0.3, 0.4) is 0 Å². The van der Waals surface area contributed by atoms with Crippen LogP contribution < -0.4 is 0 Å². The summed E-state index contributed by atoms with van der Waals surface area (Å²) in [6.07, 6.45) is 94.6. The number of unbranched alkanes of at least 4 members (excludes halogenated alkanes) is 37. The second-order valence-electron chi connectivity index (χ2n) is 23.4. The van der Waals surface area contributed by atoms with E-state index in [9.17, 15) is 14.4 Å². The van der Waals surface area contributed by atoms with Crippen LogP contribution in [0.5, 0.6) is 0 Å². The van der Waals surface area contributed by atoms with Crippen molar-refractivity contribution in [2.24, 2.45) is 0 Å². The van der Waals surface area contributed by atoms with Crippen molar-refractivity contribution in [1.29, 1.82) is 0 Å². The highest BCUT2D eigenvalue weighted by Gasteiger charge is 2.19. The highest BCUT2D eigenvalue weighted by Crippen LogP contribution is 2.18. The molecule has 0 saturated carbocycles. The molecule has 0 amide bonds. The van der Waals surface area contributed by atoms with Crippen LogP contribution >= 0.6 is 0 Å². The lowest BCUT2D eigenvalue weighted by atomic mass is 10.0. The second-order valence-corrected chi connectivity index (χ2v) is 23.4. The molecule has 0 aliphatic heterocycles. The number of ether oxygens (including phenoxy) is 3. The quantitative estimate of drug-likeness (QED) is 0.0261. The molecule has 6 heteroatoms. The molecule has 0 rings (SSSR count). The standard InChI is InChI=1S/C76H132O6/c1-4-7-10-13-16-19-21-23-25-27-29-31-33-35-37-38-40-41-43-45-47-49-51-53-55-57-60-63-66-69-75(78)81-72-73(71-80-74(77)68-65-62-59-18-15-12-9-6-3)82-76(79)70-67-64-61-58-56-54-52-50-48-46-44-42-39-36-34-32-30-28-26-24-22-20-17-14-11-8-5-2/h7,10,16,19,23,25,29,31,35,37,40-41,45,47,51,53,73H,4-6,8-9,11-15,17-18,20-22,24,26-28,30,32-34,36,38-39,42-44,46,48-50,52,54-72H2,1-3H3/b10-7-,19-16-,25-23-,31-29-,37-35-,41-40-,47-45-,53-51-. The monoisotopic (exact) mass is 1140 g/mol. The fraction of sp³-hybridized carbons (Fsp3) is 0.750. The summed E-state index contributed by atoms with van der Waals surface area (Å²) in [5.41, 5.74) is 0. The van der Waals surface area contributed by atoms with Gasteiger partial charge in [0.1, 0.15) is 13.2 Å². The molecule has 0 radical (unpaired) electrons. The average Bonchev–Trinajstić information content (AvgIpc) is 3.47. The van der Waals surface area contributed by atoms with Gasteiger partial charge in [-0.3, -0.25) is 14.4 Å². The van der Waals surface area contributed by atoms with Gasteiger partial charge in [-0.2, -0.15) is 0 Å². The van der Waals surface area contributed by atoms with E-state index in [4.69, 9.17) is 14.2 Å². The van der Waals surface area contributed by atoms with Gasteiger partial charge < -0.3 is 14.2 Å². The number of hydrogen-bond donors (Lipinski definition) is 0. The van der Waals surface area contributed by atoms with Crippen molar-refractivity contribution < 1.29 is 28.6 Å². The second kappa shape index (κ2) is 69.8. The lowest BCUT2D eigenvalue weighted by molar-refractivity contribution is -0.167. The largest absolute Gasteiger partial charge is 0.462 e. The Bertz CT molecular complexity index is 1590. The first-order valence-electron chi connectivity index (χ1n) is 35.2. The molecule has 0 N–H and O–H groups in total. The van der Waals surface area contributed by atoms with E-state index in [-0.39, 0.29) is 31.1 Å². The molecule has 0 aromatic heterocycles. The van der Waals surface area contributed by atoms with Crippen LogP contribution in [0.2, 0.25) is 0 Å². The van der Waals surface area contributed by atoms with Crippen LogP contribution in [0.25, 0.3) is 0 Å². The Hall–Kier alpha value is -3.67. The van der Waals surface area contributed by atoms with Gasteiger partial charge in [0, 0.05) is 19.3 Å². The molecule has 82 heavy (non-hydrogen) atoms. The van der Waals surface area contributed by atoms with Crippen molar-refractivity contribution in [2.45, 2.75) is 354 Å². The minimum Gasteiger partial charge on any atom is -0.462 e. The van der Waals surface area contributed by atoms with Gasteiger partial charge in [0.05, 0.1) is 0 Å². The molecule has 0 aromatic rings. The first-order chi connectivity index (χ1) is 40.5. The van der Waals surface area contributed by atoms with Gasteiger partial charge in [0.25, 0.3) is 0 Å². The van der Waals surface area contributed by atoms with E-state index >= 15 is 0 Å². The van der Waals surface area contributed by atoms with E-state index in [0.717, 1.165) is 122 Å². The zero-order chi connectivity index (χ0) is 59.2. The molecular weight excluding hydrogens is 1010 g/mol. The van der Waals surface area contributed by atoms with Crippen molar-refractivity contribution >= 4 is 17.9 Å². The van der Waals surface area contributed by atoms with Gasteiger partial charge in [0.15, 0.2) is 6.10 Å². The molecule has 0 aliphatic rings. The predicted molar refractivity (Wildman–Crippen MR) is 357 cm³/mol. The zero-order valence-corrected chi connectivity index (χ0v) is 54.2. The van der Waals surface area contributed by atoms with E-state index in [1.54, 1.807) is 0 Å². The Morgan fingerprint density at radius 3 is 0.744 bits per heavy atom. The minimum atomic E-state index is -0.786. The molecule has 0 heterocycles. The topological polar surface area (TPSA) is 78.9 Å². The number of carbonyl (C=O) groups excluding carboxylic acids is 3. The number of esters is 3. The Labute approximate surface area is 508 Å². The summed E-state index contributed by atoms with van der Waals surface area (Å²) in [4.78, 5) is 38.2. The maximum atomic E-state index is 12.9. The zero-order valence-electron chi connectivity index (χ0n) is 54.2. The first-order valence-corrected chi connectivity index (χ1v) is 35.2. The molecule has 0 bridgehead atoms. The third-order valence-electron chi connectivity index (χ3n) is 15.4. The number of rotatable bonds is 64. The maximum absolute atomic E-state index is 12.9. The summed E-state index contributed by atoms with van der Waals surface area (Å²) in [6, 6.07) is 0. The SMILES string of the molecule is CC/C=C\C/C=C\C/C=C\C/C=C\C/C=C\C/C=C\C/C=C\C/C=C\CCCCCCC(=O)OCC(COC(=O)CCCCCCCCCC)OC(=O)CCCCCCCCCCCCCCCCCCCCCCCCCCCCC. The first kappa shape index (κ1) is 78.3. The summed E-state index contributed by atoms with van der Waals surface area (Å²) in [7, 11) is 0. The molecule has 0 fully saturated rings. The summed E-state index contributed by atoms with van der Waals surface area (Å²) in [5, 5.41) is 0. The van der Waals surface area contributed by atoms with Crippen LogP contribution in [-0.2, 0) is 28.6 Å². The number of hydrogen-bond acceptors (Lipinski definition) is 6. The molecule has 1 atom stereocenters. The minimum absolute atomic E-state index is 0.0821. The molecule has 0 aromatic carbocycles. The molecule has 472 valence electrons. The van der Waals surface area contributed by atoms with E-state index < -0.39 is 6.10 Å². The number of allylic oxidation sites excluding steroid dienone is 16. The van der Waals surface area contributed by atoms with Gasteiger partial charge in [-0.05, 0) is 83.5 Å². The molecule has 0 saturated heterocycles. The van der Waals surface area contributed by atoms with Crippen LogP contribution in [-0.4, -0.2) is 37.2 Å². The average molecular weight is 1140 g/mol. The van der Waals surface area contributed by atoms with Crippen LogP contribution in [0.15, 0.2) is 97.2 Å². The van der Waals surface area contributed by atoms with Crippen molar-refractivity contribution in [3.8, 4) is 0 Å². The van der Waals surface area contributed by atoms with Crippen LogP contribution in [0.4, 0.5) is 0 Å². The summed E-state index contributed by atoms with van der Waals surface area (Å²) in [6.45, 7) is 6.52. The Morgan fingerprint density at radius 2 is 0.476 bits per heavy atom. The summed E-state index contributed by atoms with van der Waals surface area (Å²) < 4.78 is 16.9. The third kappa shape index (κ3) is 67.1. The van der Waals surface area contributed by atoms with Gasteiger partial charge in [-0.15, -0.1) is 0 Å². The van der Waals surface area contributed by atoms with Gasteiger partial charge in [0.2, 0.25) is 0 Å². The van der Waals surface area contributed by atoms with E-state index in [2.05, 4.69) is 118 Å². The lowest BCUT2D eigenvalue weighted by Crippen LogP contribution is -2.30. The maximum Gasteiger partial charge on any atom is 0.306 e. The van der Waals surface area contributed by atoms with Gasteiger partial charge in [-0.25, -0.2) is 0 Å². The van der Waals surface area contributed by atoms with Crippen molar-refractivity contribution in [1.82, 2.24) is 0 Å². The Balaban J connectivity index is 4.18. The van der Waals surface area contributed by atoms with Crippen LogP contribution in [0, 0.1) is 0 Å². The Morgan fingerprint density at radius 1 is 0.256 bits per heavy atom. The smallest absolute Gasteiger partial charge is 0.306 e. The Kier molecular flexibility index (Phi) is 66.7. The van der Waals surface area contributed by atoms with Crippen molar-refractivity contribution in [3.05, 3.63) is 97.2 Å². The fourth-order valence-electron chi connectivity index (χ4n) is 10.1. The molecule has 1 unspecified atom stereocenters. The highest BCUT2D eigenvalue weighted by molar-refractivity contribution is 5.71. The van der Waals surface area contributed by atoms with Crippen molar-refractivity contribution in [2.75, 3.05) is 13.2 Å². The normalized spacial score (nSPS) is 12.7. The lowest BCUT2D eigenvalue weighted by Gasteiger charge is -2.18.